The number of amides is 1. The number of phenolic OH excluding ortho intramolecular Hbond substituents is 1. The van der Waals surface area contributed by atoms with Crippen LogP contribution in [0.4, 0.5) is 0 Å². The van der Waals surface area contributed by atoms with E-state index in [4.69, 9.17) is 0 Å². The van der Waals surface area contributed by atoms with E-state index in [2.05, 4.69) is 34.8 Å². The SMILES string of the molecule is O=C(NN=C1CC[NH+](Cc2ccccc2)CC1)c1cc2ccccc2cc1O. The van der Waals surface area contributed by atoms with Crippen molar-refractivity contribution < 1.29 is 14.8 Å². The van der Waals surface area contributed by atoms with Crippen LogP contribution in [0, 0.1) is 0 Å². The summed E-state index contributed by atoms with van der Waals surface area (Å²) in [5.41, 5.74) is 5.21. The van der Waals surface area contributed by atoms with Crippen molar-refractivity contribution in [3.8, 4) is 5.75 Å². The topological polar surface area (TPSA) is 66.1 Å². The first-order valence-electron chi connectivity index (χ1n) is 9.64. The molecule has 0 spiro atoms. The van der Waals surface area contributed by atoms with Crippen LogP contribution < -0.4 is 10.3 Å². The van der Waals surface area contributed by atoms with Gasteiger partial charge in [-0.1, -0.05) is 54.6 Å². The van der Waals surface area contributed by atoms with E-state index in [0.29, 0.717) is 0 Å². The van der Waals surface area contributed by atoms with Gasteiger partial charge in [-0.25, -0.2) is 5.43 Å². The summed E-state index contributed by atoms with van der Waals surface area (Å²) in [5.74, 6) is -0.409. The summed E-state index contributed by atoms with van der Waals surface area (Å²) in [6.45, 7) is 3.03. The number of quaternary nitrogens is 1. The van der Waals surface area contributed by atoms with Crippen molar-refractivity contribution >= 4 is 22.4 Å². The van der Waals surface area contributed by atoms with Crippen LogP contribution in [0.1, 0.15) is 28.8 Å². The number of aromatic hydroxyl groups is 1. The lowest BCUT2D eigenvalue weighted by molar-refractivity contribution is -0.914. The fourth-order valence-corrected chi connectivity index (χ4v) is 3.67. The summed E-state index contributed by atoms with van der Waals surface area (Å²) >= 11 is 0. The van der Waals surface area contributed by atoms with Gasteiger partial charge in [0.25, 0.3) is 5.91 Å². The lowest BCUT2D eigenvalue weighted by atomic mass is 10.1. The van der Waals surface area contributed by atoms with Gasteiger partial charge >= 0.3 is 0 Å². The predicted octanol–water partition coefficient (Wildman–Crippen LogP) is 2.51. The van der Waals surface area contributed by atoms with Gasteiger partial charge in [0.2, 0.25) is 0 Å². The summed E-state index contributed by atoms with van der Waals surface area (Å²) in [4.78, 5) is 14.0. The fourth-order valence-electron chi connectivity index (χ4n) is 3.67. The number of benzene rings is 3. The van der Waals surface area contributed by atoms with E-state index in [1.165, 1.54) is 10.5 Å². The monoisotopic (exact) mass is 374 g/mol. The van der Waals surface area contributed by atoms with Crippen LogP contribution in [0.5, 0.6) is 5.75 Å². The van der Waals surface area contributed by atoms with Crippen LogP contribution in [0.15, 0.2) is 71.8 Å². The minimum Gasteiger partial charge on any atom is -0.507 e. The number of nitrogens with zero attached hydrogens (tertiary/aromatic N) is 1. The van der Waals surface area contributed by atoms with Crippen LogP contribution in [0.3, 0.4) is 0 Å². The van der Waals surface area contributed by atoms with Crippen LogP contribution in [-0.2, 0) is 6.54 Å². The average Bonchev–Trinajstić information content (AvgIpc) is 2.73. The third-order valence-corrected chi connectivity index (χ3v) is 5.26. The van der Waals surface area contributed by atoms with E-state index >= 15 is 0 Å². The Hall–Kier alpha value is -3.18. The molecule has 5 nitrogen and oxygen atoms in total. The smallest absolute Gasteiger partial charge is 0.275 e. The van der Waals surface area contributed by atoms with Crippen molar-refractivity contribution in [2.75, 3.05) is 13.1 Å². The molecule has 0 bridgehead atoms. The minimum atomic E-state index is -0.380. The van der Waals surface area contributed by atoms with Crippen molar-refractivity contribution in [1.82, 2.24) is 5.43 Å². The van der Waals surface area contributed by atoms with Crippen molar-refractivity contribution in [3.63, 3.8) is 0 Å². The normalized spacial score (nSPS) is 16.7. The second-order valence-electron chi connectivity index (χ2n) is 7.25. The number of phenols is 1. The molecule has 1 amide bonds. The van der Waals surface area contributed by atoms with E-state index in [0.717, 1.165) is 49.0 Å². The number of hydrogen-bond acceptors (Lipinski definition) is 3. The number of likely N-dealkylation sites (tertiary alicyclic amines) is 1. The third-order valence-electron chi connectivity index (χ3n) is 5.26. The highest BCUT2D eigenvalue weighted by molar-refractivity contribution is 6.02. The maximum Gasteiger partial charge on any atom is 0.275 e. The standard InChI is InChI=1S/C23H23N3O2/c27-22-15-19-9-5-4-8-18(19)14-21(22)23(28)25-24-20-10-12-26(13-11-20)16-17-6-2-1-3-7-17/h1-9,14-15,27H,10-13,16H2,(H,25,28)/p+1. The minimum absolute atomic E-state index is 0.0291. The highest BCUT2D eigenvalue weighted by Crippen LogP contribution is 2.24. The molecule has 4 rings (SSSR count). The van der Waals surface area contributed by atoms with Gasteiger partial charge in [-0.3, -0.25) is 4.79 Å². The fraction of sp³-hybridized carbons (Fsp3) is 0.217. The molecule has 28 heavy (non-hydrogen) atoms. The first-order chi connectivity index (χ1) is 13.7. The Morgan fingerprint density at radius 2 is 1.61 bits per heavy atom. The Bertz CT molecular complexity index is 1000. The second-order valence-corrected chi connectivity index (χ2v) is 7.25. The average molecular weight is 374 g/mol. The molecule has 3 N–H and O–H groups in total. The molecule has 5 heteroatoms. The van der Waals surface area contributed by atoms with Gasteiger partial charge in [0.1, 0.15) is 12.3 Å². The zero-order valence-electron chi connectivity index (χ0n) is 15.7. The van der Waals surface area contributed by atoms with Gasteiger partial charge in [-0.2, -0.15) is 5.10 Å². The first kappa shape index (κ1) is 18.2. The summed E-state index contributed by atoms with van der Waals surface area (Å²) in [6, 6.07) is 21.5. The molecule has 142 valence electrons. The molecule has 0 unspecified atom stereocenters. The molecule has 3 aromatic carbocycles. The largest absolute Gasteiger partial charge is 0.507 e. The molecule has 0 atom stereocenters. The summed E-state index contributed by atoms with van der Waals surface area (Å²) in [7, 11) is 0. The molecular weight excluding hydrogens is 350 g/mol. The maximum atomic E-state index is 12.5. The number of carbonyl (C=O) groups excluding carboxylic acids is 1. The third kappa shape index (κ3) is 4.21. The zero-order chi connectivity index (χ0) is 19.3. The number of fused-ring (bicyclic) bond motifs is 1. The maximum absolute atomic E-state index is 12.5. The molecule has 1 heterocycles. The molecule has 1 aliphatic heterocycles. The van der Waals surface area contributed by atoms with Crippen LogP contribution in [0.25, 0.3) is 10.8 Å². The van der Waals surface area contributed by atoms with Gasteiger partial charge in [-0.05, 0) is 22.9 Å². The van der Waals surface area contributed by atoms with Crippen LogP contribution >= 0.6 is 0 Å². The van der Waals surface area contributed by atoms with Gasteiger partial charge in [0.05, 0.1) is 18.7 Å². The molecule has 1 fully saturated rings. The predicted molar refractivity (Wildman–Crippen MR) is 111 cm³/mol. The Labute approximate surface area is 164 Å². The molecular formula is C23H24N3O2+. The van der Waals surface area contributed by atoms with Crippen LogP contribution in [0.2, 0.25) is 0 Å². The Morgan fingerprint density at radius 3 is 2.32 bits per heavy atom. The summed E-state index contributed by atoms with van der Waals surface area (Å²) in [6.07, 6.45) is 1.73. The quantitative estimate of drug-likeness (QED) is 0.615. The van der Waals surface area contributed by atoms with Crippen LogP contribution in [-0.4, -0.2) is 29.8 Å². The number of nitrogens with one attached hydrogen (secondary N) is 2. The number of piperidine rings is 1. The molecule has 1 aliphatic rings. The van der Waals surface area contributed by atoms with E-state index < -0.39 is 0 Å². The van der Waals surface area contributed by atoms with Gasteiger partial charge < -0.3 is 10.0 Å². The molecule has 3 aromatic rings. The molecule has 0 aromatic heterocycles. The Kier molecular flexibility index (Phi) is 5.35. The van der Waals surface area contributed by atoms with Gasteiger partial charge in [-0.15, -0.1) is 0 Å². The molecule has 1 saturated heterocycles. The molecule has 0 saturated carbocycles. The summed E-state index contributed by atoms with van der Waals surface area (Å²) in [5, 5.41) is 16.3. The van der Waals surface area contributed by atoms with E-state index in [9.17, 15) is 9.90 Å². The van der Waals surface area contributed by atoms with E-state index in [-0.39, 0.29) is 17.2 Å². The van der Waals surface area contributed by atoms with Crippen molar-refractivity contribution in [2.45, 2.75) is 19.4 Å². The number of carbonyl (C=O) groups is 1. The highest BCUT2D eigenvalue weighted by Gasteiger charge is 2.19. The van der Waals surface area contributed by atoms with E-state index in [1.807, 2.05) is 30.3 Å². The number of hydrazone groups is 1. The highest BCUT2D eigenvalue weighted by atomic mass is 16.3. The van der Waals surface area contributed by atoms with Crippen molar-refractivity contribution in [3.05, 3.63) is 77.9 Å². The molecule has 0 radical (unpaired) electrons. The first-order valence-corrected chi connectivity index (χ1v) is 9.64. The van der Waals surface area contributed by atoms with Gasteiger partial charge in [0, 0.05) is 24.1 Å². The number of hydrogen-bond donors (Lipinski definition) is 3. The Balaban J connectivity index is 1.36. The van der Waals surface area contributed by atoms with E-state index in [1.54, 1.807) is 12.1 Å². The lowest BCUT2D eigenvalue weighted by Gasteiger charge is -2.24. The second kappa shape index (κ2) is 8.23. The number of rotatable bonds is 4. The van der Waals surface area contributed by atoms with Crippen molar-refractivity contribution in [2.24, 2.45) is 5.10 Å². The zero-order valence-corrected chi connectivity index (χ0v) is 15.7. The Morgan fingerprint density at radius 1 is 0.964 bits per heavy atom. The lowest BCUT2D eigenvalue weighted by Crippen LogP contribution is -3.11. The van der Waals surface area contributed by atoms with Gasteiger partial charge in [0.15, 0.2) is 0 Å². The molecule has 0 aliphatic carbocycles. The summed E-state index contributed by atoms with van der Waals surface area (Å²) < 4.78 is 0. The van der Waals surface area contributed by atoms with Crippen molar-refractivity contribution in [1.29, 1.82) is 0 Å².